The fraction of sp³-hybridized carbons (Fsp3) is 0.471. The van der Waals surface area contributed by atoms with Crippen molar-refractivity contribution in [2.75, 3.05) is 13.1 Å². The van der Waals surface area contributed by atoms with Crippen molar-refractivity contribution in [3.8, 4) is 5.75 Å². The molecule has 3 rings (SSSR count). The van der Waals surface area contributed by atoms with Gasteiger partial charge in [0.2, 0.25) is 0 Å². The summed E-state index contributed by atoms with van der Waals surface area (Å²) >= 11 is 0. The number of aromatic hydroxyl groups is 1. The van der Waals surface area contributed by atoms with Crippen LogP contribution in [0.3, 0.4) is 0 Å². The third kappa shape index (κ3) is 2.89. The Morgan fingerprint density at radius 3 is 2.09 bits per heavy atom. The third-order valence-corrected chi connectivity index (χ3v) is 4.76. The summed E-state index contributed by atoms with van der Waals surface area (Å²) in [6.45, 7) is 1.14. The van der Waals surface area contributed by atoms with E-state index in [1.807, 2.05) is 0 Å². The molecule has 5 heteroatoms. The molecule has 1 aliphatic heterocycles. The maximum Gasteiger partial charge on any atom is 0.253 e. The fourth-order valence-corrected chi connectivity index (χ4v) is 3.57. The number of phenolic OH excluding ortho intramolecular Hbond substituents is 1. The highest BCUT2D eigenvalue weighted by Crippen LogP contribution is 2.42. The van der Waals surface area contributed by atoms with Crippen LogP contribution >= 0.6 is 0 Å². The number of piperidine rings is 1. The molecule has 0 bridgehead atoms. The summed E-state index contributed by atoms with van der Waals surface area (Å²) in [7, 11) is 0. The van der Waals surface area contributed by atoms with Gasteiger partial charge in [0.1, 0.15) is 17.3 Å². The lowest BCUT2D eigenvalue weighted by Gasteiger charge is -2.43. The van der Waals surface area contributed by atoms with Crippen LogP contribution in [0, 0.1) is 5.41 Å². The van der Waals surface area contributed by atoms with Crippen molar-refractivity contribution in [3.05, 3.63) is 29.8 Å². The zero-order valence-corrected chi connectivity index (χ0v) is 12.4. The van der Waals surface area contributed by atoms with Gasteiger partial charge in [-0.05, 0) is 42.5 Å². The van der Waals surface area contributed by atoms with Gasteiger partial charge in [-0.25, -0.2) is 0 Å². The van der Waals surface area contributed by atoms with E-state index in [0.717, 1.165) is 0 Å². The largest absolute Gasteiger partial charge is 0.508 e. The zero-order valence-electron chi connectivity index (χ0n) is 12.4. The first-order chi connectivity index (χ1) is 10.5. The molecule has 1 aliphatic carbocycles. The van der Waals surface area contributed by atoms with Crippen molar-refractivity contribution in [1.29, 1.82) is 0 Å². The van der Waals surface area contributed by atoms with Crippen LogP contribution < -0.4 is 0 Å². The first kappa shape index (κ1) is 14.8. The normalized spacial score (nSPS) is 21.2. The molecular weight excluding hydrogens is 282 g/mol. The van der Waals surface area contributed by atoms with Crippen molar-refractivity contribution < 1.29 is 19.5 Å². The fourth-order valence-electron chi connectivity index (χ4n) is 3.57. The molecule has 1 amide bonds. The summed E-state index contributed by atoms with van der Waals surface area (Å²) in [6.07, 6.45) is 2.43. The number of carbonyl (C=O) groups is 3. The summed E-state index contributed by atoms with van der Waals surface area (Å²) in [6, 6.07) is 6.21. The molecule has 1 saturated heterocycles. The van der Waals surface area contributed by atoms with E-state index in [9.17, 15) is 19.5 Å². The van der Waals surface area contributed by atoms with E-state index in [1.54, 1.807) is 17.0 Å². The van der Waals surface area contributed by atoms with E-state index in [0.29, 0.717) is 44.3 Å². The minimum absolute atomic E-state index is 0.0366. The number of ketones is 2. The molecular formula is C17H19NO4. The lowest BCUT2D eigenvalue weighted by molar-refractivity contribution is -0.135. The lowest BCUT2D eigenvalue weighted by atomic mass is 9.67. The number of carbonyl (C=O) groups excluding carboxylic acids is 3. The Balaban J connectivity index is 1.66. The molecule has 1 N–H and O–H groups in total. The van der Waals surface area contributed by atoms with Crippen molar-refractivity contribution in [3.63, 3.8) is 0 Å². The Morgan fingerprint density at radius 1 is 1.00 bits per heavy atom. The van der Waals surface area contributed by atoms with Crippen LogP contribution in [0.15, 0.2) is 24.3 Å². The van der Waals surface area contributed by atoms with Crippen LogP contribution in [0.25, 0.3) is 0 Å². The first-order valence-electron chi connectivity index (χ1n) is 7.59. The number of amides is 1. The van der Waals surface area contributed by atoms with Crippen LogP contribution in [0.2, 0.25) is 0 Å². The van der Waals surface area contributed by atoms with Gasteiger partial charge in [0.25, 0.3) is 5.91 Å². The molecule has 1 aromatic rings. The van der Waals surface area contributed by atoms with Crippen LogP contribution in [-0.4, -0.2) is 40.6 Å². The number of rotatable bonds is 1. The quantitative estimate of drug-likeness (QED) is 0.804. The van der Waals surface area contributed by atoms with Crippen LogP contribution in [0.5, 0.6) is 5.75 Å². The summed E-state index contributed by atoms with van der Waals surface area (Å²) in [4.78, 5) is 37.6. The highest BCUT2D eigenvalue weighted by molar-refractivity contribution is 6.02. The second-order valence-electron chi connectivity index (χ2n) is 6.45. The Kier molecular flexibility index (Phi) is 3.72. The molecule has 2 fully saturated rings. The molecule has 5 nitrogen and oxygen atoms in total. The predicted octanol–water partition coefficient (Wildman–Crippen LogP) is 1.94. The van der Waals surface area contributed by atoms with Gasteiger partial charge in [0, 0.05) is 31.5 Å². The van der Waals surface area contributed by atoms with E-state index < -0.39 is 0 Å². The van der Waals surface area contributed by atoms with Gasteiger partial charge in [-0.15, -0.1) is 0 Å². The summed E-state index contributed by atoms with van der Waals surface area (Å²) in [5.41, 5.74) is 0.322. The Bertz CT molecular complexity index is 594. The number of phenols is 1. The Morgan fingerprint density at radius 2 is 1.55 bits per heavy atom. The Hall–Kier alpha value is -2.17. The second kappa shape index (κ2) is 5.55. The number of likely N-dealkylation sites (tertiary alicyclic amines) is 1. The molecule has 1 spiro atoms. The number of hydrogen-bond donors (Lipinski definition) is 1. The van der Waals surface area contributed by atoms with Crippen LogP contribution in [0.1, 0.15) is 42.5 Å². The van der Waals surface area contributed by atoms with Crippen molar-refractivity contribution in [2.45, 2.75) is 32.1 Å². The number of hydrogen-bond acceptors (Lipinski definition) is 4. The number of nitrogens with zero attached hydrogens (tertiary/aromatic N) is 1. The summed E-state index contributed by atoms with van der Waals surface area (Å²) in [5, 5.41) is 9.28. The number of benzene rings is 1. The molecule has 0 unspecified atom stereocenters. The summed E-state index contributed by atoms with van der Waals surface area (Å²) in [5.74, 6) is 0.140. The highest BCUT2D eigenvalue weighted by atomic mass is 16.3. The molecule has 1 saturated carbocycles. The maximum atomic E-state index is 12.4. The van der Waals surface area contributed by atoms with E-state index in [-0.39, 0.29) is 35.1 Å². The standard InChI is InChI=1S/C17H19NO4/c19-13-3-1-12(2-4-13)16(22)18-7-5-17(6-8-18)10-14(20)9-15(21)11-17/h1-4,19H,5-11H2. The van der Waals surface area contributed by atoms with Crippen molar-refractivity contribution in [1.82, 2.24) is 4.90 Å². The number of Topliss-reactive ketones (excluding diaryl/α,β-unsaturated/α-hetero) is 2. The molecule has 0 radical (unpaired) electrons. The van der Waals surface area contributed by atoms with E-state index in [4.69, 9.17) is 0 Å². The van der Waals surface area contributed by atoms with Crippen molar-refractivity contribution in [2.24, 2.45) is 5.41 Å². The smallest absolute Gasteiger partial charge is 0.253 e. The molecule has 2 aliphatic rings. The first-order valence-corrected chi connectivity index (χ1v) is 7.59. The van der Waals surface area contributed by atoms with Crippen molar-refractivity contribution >= 4 is 17.5 Å². The highest BCUT2D eigenvalue weighted by Gasteiger charge is 2.42. The second-order valence-corrected chi connectivity index (χ2v) is 6.45. The van der Waals surface area contributed by atoms with Gasteiger partial charge < -0.3 is 10.0 Å². The van der Waals surface area contributed by atoms with E-state index in [1.165, 1.54) is 12.1 Å². The zero-order chi connectivity index (χ0) is 15.7. The average molecular weight is 301 g/mol. The lowest BCUT2D eigenvalue weighted by Crippen LogP contribution is -2.46. The van der Waals surface area contributed by atoms with E-state index >= 15 is 0 Å². The van der Waals surface area contributed by atoms with Gasteiger partial charge >= 0.3 is 0 Å². The van der Waals surface area contributed by atoms with Gasteiger partial charge in [-0.1, -0.05) is 0 Å². The third-order valence-electron chi connectivity index (χ3n) is 4.76. The van der Waals surface area contributed by atoms with Gasteiger partial charge in [0.15, 0.2) is 0 Å². The Labute approximate surface area is 128 Å². The molecule has 0 aromatic heterocycles. The SMILES string of the molecule is O=C1CC(=O)CC2(CCN(C(=O)c3ccc(O)cc3)CC2)C1. The van der Waals surface area contributed by atoms with Gasteiger partial charge in [0.05, 0.1) is 6.42 Å². The average Bonchev–Trinajstić information content (AvgIpc) is 2.47. The van der Waals surface area contributed by atoms with E-state index in [2.05, 4.69) is 0 Å². The van der Waals surface area contributed by atoms with Crippen LogP contribution in [-0.2, 0) is 9.59 Å². The molecule has 0 atom stereocenters. The van der Waals surface area contributed by atoms with Crippen LogP contribution in [0.4, 0.5) is 0 Å². The molecule has 116 valence electrons. The monoisotopic (exact) mass is 301 g/mol. The van der Waals surface area contributed by atoms with Gasteiger partial charge in [-0.3, -0.25) is 14.4 Å². The summed E-state index contributed by atoms with van der Waals surface area (Å²) < 4.78 is 0. The predicted molar refractivity (Wildman–Crippen MR) is 79.5 cm³/mol. The maximum absolute atomic E-state index is 12.4. The minimum Gasteiger partial charge on any atom is -0.508 e. The van der Waals surface area contributed by atoms with Gasteiger partial charge in [-0.2, -0.15) is 0 Å². The minimum atomic E-state index is -0.224. The molecule has 1 aromatic carbocycles. The topological polar surface area (TPSA) is 74.7 Å². The molecule has 22 heavy (non-hydrogen) atoms. The molecule has 1 heterocycles.